The monoisotopic (exact) mass is 236 g/mol. The topological polar surface area (TPSA) is 55.2 Å². The first-order chi connectivity index (χ1) is 6.66. The van der Waals surface area contributed by atoms with Gasteiger partial charge in [-0.1, -0.05) is 30.1 Å². The number of halogens is 2. The SMILES string of the molecule is CCCOC(O)c1c(Cl)ncnc1Cl. The number of hydrogen-bond donors (Lipinski definition) is 1. The molecule has 0 aliphatic heterocycles. The highest BCUT2D eigenvalue weighted by atomic mass is 35.5. The van der Waals surface area contributed by atoms with E-state index in [1.165, 1.54) is 6.33 Å². The Morgan fingerprint density at radius 2 is 2.00 bits per heavy atom. The zero-order valence-electron chi connectivity index (χ0n) is 7.57. The van der Waals surface area contributed by atoms with Crippen LogP contribution in [0, 0.1) is 0 Å². The van der Waals surface area contributed by atoms with E-state index in [4.69, 9.17) is 27.9 Å². The van der Waals surface area contributed by atoms with E-state index in [2.05, 4.69) is 9.97 Å². The molecule has 0 saturated carbocycles. The summed E-state index contributed by atoms with van der Waals surface area (Å²) in [5.41, 5.74) is 0.212. The fourth-order valence-electron chi connectivity index (χ4n) is 0.871. The molecule has 0 bridgehead atoms. The molecule has 1 heterocycles. The molecule has 1 atom stereocenters. The molecule has 0 aliphatic carbocycles. The molecular formula is C8H10Cl2N2O2. The third-order valence-corrected chi connectivity index (χ3v) is 2.12. The Morgan fingerprint density at radius 1 is 1.43 bits per heavy atom. The predicted molar refractivity (Wildman–Crippen MR) is 53.3 cm³/mol. The maximum Gasteiger partial charge on any atom is 0.187 e. The summed E-state index contributed by atoms with van der Waals surface area (Å²) in [6.45, 7) is 2.35. The van der Waals surface area contributed by atoms with E-state index in [1.54, 1.807) is 0 Å². The van der Waals surface area contributed by atoms with Crippen LogP contribution in [0.25, 0.3) is 0 Å². The standard InChI is InChI=1S/C8H10Cl2N2O2/c1-2-3-14-8(13)5-6(9)11-4-12-7(5)10/h4,8,13H,2-3H2,1H3. The average Bonchev–Trinajstić information content (AvgIpc) is 2.14. The maximum atomic E-state index is 9.54. The van der Waals surface area contributed by atoms with E-state index >= 15 is 0 Å². The van der Waals surface area contributed by atoms with Gasteiger partial charge in [0.2, 0.25) is 0 Å². The summed E-state index contributed by atoms with van der Waals surface area (Å²) in [4.78, 5) is 7.40. The van der Waals surface area contributed by atoms with Crippen LogP contribution in [0.2, 0.25) is 10.3 Å². The minimum Gasteiger partial charge on any atom is -0.364 e. The van der Waals surface area contributed by atoms with E-state index in [0.717, 1.165) is 6.42 Å². The summed E-state index contributed by atoms with van der Waals surface area (Å²) in [7, 11) is 0. The van der Waals surface area contributed by atoms with E-state index in [0.29, 0.717) is 6.61 Å². The van der Waals surface area contributed by atoms with E-state index in [-0.39, 0.29) is 15.9 Å². The third-order valence-electron chi connectivity index (χ3n) is 1.51. The lowest BCUT2D eigenvalue weighted by molar-refractivity contribution is -0.103. The Morgan fingerprint density at radius 3 is 2.50 bits per heavy atom. The number of aromatic nitrogens is 2. The zero-order chi connectivity index (χ0) is 10.6. The molecule has 1 rings (SSSR count). The van der Waals surface area contributed by atoms with Crippen molar-refractivity contribution in [2.45, 2.75) is 19.6 Å². The number of ether oxygens (including phenoxy) is 1. The summed E-state index contributed by atoms with van der Waals surface area (Å²) < 4.78 is 5.05. The Hall–Kier alpha value is -0.420. The van der Waals surface area contributed by atoms with Crippen LogP contribution in [0.3, 0.4) is 0 Å². The molecule has 1 unspecified atom stereocenters. The van der Waals surface area contributed by atoms with Crippen molar-refractivity contribution in [1.82, 2.24) is 9.97 Å². The Kier molecular flexibility index (Phi) is 4.54. The quantitative estimate of drug-likeness (QED) is 0.644. The second-order valence-corrected chi connectivity index (χ2v) is 3.31. The van der Waals surface area contributed by atoms with Crippen LogP contribution in [0.4, 0.5) is 0 Å². The minimum atomic E-state index is -1.17. The first-order valence-corrected chi connectivity index (χ1v) is 4.88. The summed E-state index contributed by atoms with van der Waals surface area (Å²) in [6.07, 6.45) is 0.844. The van der Waals surface area contributed by atoms with Gasteiger partial charge >= 0.3 is 0 Å². The lowest BCUT2D eigenvalue weighted by atomic mass is 10.3. The van der Waals surface area contributed by atoms with Crippen LogP contribution in [-0.4, -0.2) is 21.7 Å². The molecule has 0 aromatic carbocycles. The number of hydrogen-bond acceptors (Lipinski definition) is 4. The van der Waals surface area contributed by atoms with Crippen molar-refractivity contribution in [1.29, 1.82) is 0 Å². The van der Waals surface area contributed by atoms with Gasteiger partial charge in [-0.25, -0.2) is 9.97 Å². The van der Waals surface area contributed by atoms with Crippen molar-refractivity contribution in [3.8, 4) is 0 Å². The summed E-state index contributed by atoms with van der Waals surface area (Å²) in [6, 6.07) is 0. The van der Waals surface area contributed by atoms with Gasteiger partial charge in [-0.2, -0.15) is 0 Å². The molecule has 1 aromatic heterocycles. The Balaban J connectivity index is 2.82. The van der Waals surface area contributed by atoms with Crippen molar-refractivity contribution >= 4 is 23.2 Å². The molecule has 1 N–H and O–H groups in total. The first-order valence-electron chi connectivity index (χ1n) is 4.12. The van der Waals surface area contributed by atoms with Gasteiger partial charge in [0, 0.05) is 6.61 Å². The molecule has 0 spiro atoms. The maximum absolute atomic E-state index is 9.54. The van der Waals surface area contributed by atoms with E-state index < -0.39 is 6.29 Å². The molecule has 0 fully saturated rings. The average molecular weight is 237 g/mol. The van der Waals surface area contributed by atoms with Crippen LogP contribution in [0.15, 0.2) is 6.33 Å². The molecule has 78 valence electrons. The highest BCUT2D eigenvalue weighted by Gasteiger charge is 2.17. The van der Waals surface area contributed by atoms with Crippen molar-refractivity contribution in [2.24, 2.45) is 0 Å². The lowest BCUT2D eigenvalue weighted by Crippen LogP contribution is -2.07. The normalized spacial score (nSPS) is 12.9. The van der Waals surface area contributed by atoms with Gasteiger partial charge in [0.1, 0.15) is 16.6 Å². The number of rotatable bonds is 4. The van der Waals surface area contributed by atoms with E-state index in [1.807, 2.05) is 6.92 Å². The van der Waals surface area contributed by atoms with Crippen molar-refractivity contribution in [2.75, 3.05) is 6.61 Å². The van der Waals surface area contributed by atoms with Gasteiger partial charge in [-0.3, -0.25) is 0 Å². The van der Waals surface area contributed by atoms with Crippen molar-refractivity contribution in [3.05, 3.63) is 22.2 Å². The molecule has 1 aromatic rings. The van der Waals surface area contributed by atoms with Crippen LogP contribution >= 0.6 is 23.2 Å². The summed E-state index contributed by atoms with van der Waals surface area (Å²) in [5, 5.41) is 9.75. The van der Waals surface area contributed by atoms with Crippen LogP contribution in [0.1, 0.15) is 25.2 Å². The van der Waals surface area contributed by atoms with Crippen LogP contribution in [0.5, 0.6) is 0 Å². The fourth-order valence-corrected chi connectivity index (χ4v) is 1.37. The highest BCUT2D eigenvalue weighted by Crippen LogP contribution is 2.27. The molecule has 0 amide bonds. The highest BCUT2D eigenvalue weighted by molar-refractivity contribution is 6.34. The molecule has 0 saturated heterocycles. The zero-order valence-corrected chi connectivity index (χ0v) is 9.09. The minimum absolute atomic E-state index is 0.105. The second kappa shape index (κ2) is 5.46. The number of aliphatic hydroxyl groups is 1. The molecular weight excluding hydrogens is 227 g/mol. The molecule has 0 aliphatic rings. The first kappa shape index (κ1) is 11.7. The van der Waals surface area contributed by atoms with E-state index in [9.17, 15) is 5.11 Å². The Labute approximate surface area is 91.8 Å². The third kappa shape index (κ3) is 2.78. The van der Waals surface area contributed by atoms with Gasteiger partial charge in [-0.05, 0) is 6.42 Å². The van der Waals surface area contributed by atoms with Gasteiger partial charge in [0.25, 0.3) is 0 Å². The lowest BCUT2D eigenvalue weighted by Gasteiger charge is -2.12. The molecule has 14 heavy (non-hydrogen) atoms. The fraction of sp³-hybridized carbons (Fsp3) is 0.500. The van der Waals surface area contributed by atoms with Crippen LogP contribution < -0.4 is 0 Å². The predicted octanol–water partition coefficient (Wildman–Crippen LogP) is 2.20. The molecule has 6 heteroatoms. The largest absolute Gasteiger partial charge is 0.364 e. The summed E-state index contributed by atoms with van der Waals surface area (Å²) in [5.74, 6) is 0. The molecule has 0 radical (unpaired) electrons. The van der Waals surface area contributed by atoms with Crippen molar-refractivity contribution < 1.29 is 9.84 Å². The number of aliphatic hydroxyl groups excluding tert-OH is 1. The number of nitrogens with zero attached hydrogens (tertiary/aromatic N) is 2. The van der Waals surface area contributed by atoms with Gasteiger partial charge in [0.15, 0.2) is 6.29 Å². The van der Waals surface area contributed by atoms with Gasteiger partial charge in [0.05, 0.1) is 5.56 Å². The van der Waals surface area contributed by atoms with Gasteiger partial charge in [-0.15, -0.1) is 0 Å². The second-order valence-electron chi connectivity index (χ2n) is 2.59. The van der Waals surface area contributed by atoms with Crippen molar-refractivity contribution in [3.63, 3.8) is 0 Å². The van der Waals surface area contributed by atoms with Gasteiger partial charge < -0.3 is 9.84 Å². The van der Waals surface area contributed by atoms with Crippen LogP contribution in [-0.2, 0) is 4.74 Å². The summed E-state index contributed by atoms with van der Waals surface area (Å²) >= 11 is 11.5. The Bertz CT molecular complexity index is 289. The smallest absolute Gasteiger partial charge is 0.187 e. The molecule has 4 nitrogen and oxygen atoms in total.